The minimum Gasteiger partial charge on any atom is -0.396 e. The molecule has 1 aromatic rings. The van der Waals surface area contributed by atoms with Gasteiger partial charge >= 0.3 is 0 Å². The van der Waals surface area contributed by atoms with Crippen molar-refractivity contribution in [2.45, 2.75) is 19.8 Å². The van der Waals surface area contributed by atoms with Gasteiger partial charge in [0.1, 0.15) is 0 Å². The van der Waals surface area contributed by atoms with E-state index in [9.17, 15) is 9.90 Å². The minimum absolute atomic E-state index is 0.0538. The van der Waals surface area contributed by atoms with Crippen molar-refractivity contribution < 1.29 is 9.90 Å². The molecule has 1 aliphatic heterocycles. The summed E-state index contributed by atoms with van der Waals surface area (Å²) in [6.07, 6.45) is 3.84. The van der Waals surface area contributed by atoms with Gasteiger partial charge in [-0.25, -0.2) is 0 Å². The van der Waals surface area contributed by atoms with Crippen LogP contribution in [0.2, 0.25) is 5.02 Å². The Morgan fingerprint density at radius 3 is 2.80 bits per heavy atom. The van der Waals surface area contributed by atoms with Crippen LogP contribution in [0.4, 0.5) is 0 Å². The van der Waals surface area contributed by atoms with Crippen LogP contribution in [-0.4, -0.2) is 35.6 Å². The lowest BCUT2D eigenvalue weighted by Gasteiger charge is -2.32. The van der Waals surface area contributed by atoms with Crippen LogP contribution in [-0.2, 0) is 4.79 Å². The summed E-state index contributed by atoms with van der Waals surface area (Å²) in [5.74, 6) is 0.272. The number of halogens is 1. The summed E-state index contributed by atoms with van der Waals surface area (Å²) < 4.78 is 0. The van der Waals surface area contributed by atoms with Crippen molar-refractivity contribution in [2.24, 2.45) is 5.92 Å². The molecule has 0 bridgehead atoms. The van der Waals surface area contributed by atoms with Gasteiger partial charge < -0.3 is 10.0 Å². The van der Waals surface area contributed by atoms with Crippen molar-refractivity contribution in [1.82, 2.24) is 4.90 Å². The van der Waals surface area contributed by atoms with Crippen molar-refractivity contribution in [3.63, 3.8) is 0 Å². The van der Waals surface area contributed by atoms with E-state index in [4.69, 9.17) is 11.6 Å². The van der Waals surface area contributed by atoms with Crippen molar-refractivity contribution in [3.05, 3.63) is 40.4 Å². The second kappa shape index (κ2) is 6.91. The number of aliphatic hydroxyl groups is 1. The summed E-state index contributed by atoms with van der Waals surface area (Å²) in [7, 11) is 0. The molecule has 1 saturated heterocycles. The standard InChI is InChI=1S/C16H20ClNO2/c1-12(9-13-4-6-15(17)7-5-13)16(20)18-8-2-3-14(10-18)11-19/h4-7,9,14,19H,2-3,8,10-11H2,1H3/b12-9+. The predicted molar refractivity (Wildman–Crippen MR) is 81.5 cm³/mol. The second-order valence-corrected chi connectivity index (χ2v) is 5.76. The molecule has 1 aliphatic rings. The van der Waals surface area contributed by atoms with E-state index in [2.05, 4.69) is 0 Å². The zero-order chi connectivity index (χ0) is 14.5. The number of piperidine rings is 1. The summed E-state index contributed by atoms with van der Waals surface area (Å²) in [6, 6.07) is 7.42. The number of hydrogen-bond acceptors (Lipinski definition) is 2. The van der Waals surface area contributed by atoms with Crippen LogP contribution in [0.1, 0.15) is 25.3 Å². The summed E-state index contributed by atoms with van der Waals surface area (Å²) in [5.41, 5.74) is 1.68. The third kappa shape index (κ3) is 3.84. The monoisotopic (exact) mass is 293 g/mol. The molecule has 1 amide bonds. The fourth-order valence-corrected chi connectivity index (χ4v) is 2.64. The van der Waals surface area contributed by atoms with Crippen LogP contribution in [0.5, 0.6) is 0 Å². The molecule has 0 aliphatic carbocycles. The van der Waals surface area contributed by atoms with E-state index < -0.39 is 0 Å². The Bertz CT molecular complexity index is 496. The van der Waals surface area contributed by atoms with Crippen LogP contribution in [0, 0.1) is 5.92 Å². The van der Waals surface area contributed by atoms with Crippen molar-refractivity contribution in [3.8, 4) is 0 Å². The Morgan fingerprint density at radius 1 is 1.45 bits per heavy atom. The van der Waals surface area contributed by atoms with Crippen molar-refractivity contribution in [2.75, 3.05) is 19.7 Å². The van der Waals surface area contributed by atoms with Crippen LogP contribution in [0.3, 0.4) is 0 Å². The van der Waals surface area contributed by atoms with E-state index in [1.165, 1.54) is 0 Å². The van der Waals surface area contributed by atoms with Gasteiger partial charge in [0.15, 0.2) is 0 Å². The molecule has 1 atom stereocenters. The van der Waals surface area contributed by atoms with Crippen molar-refractivity contribution >= 4 is 23.6 Å². The molecule has 1 fully saturated rings. The van der Waals surface area contributed by atoms with E-state index in [0.29, 0.717) is 17.1 Å². The van der Waals surface area contributed by atoms with Gasteiger partial charge in [-0.2, -0.15) is 0 Å². The van der Waals surface area contributed by atoms with Gasteiger partial charge in [0.2, 0.25) is 5.91 Å². The van der Waals surface area contributed by atoms with Gasteiger partial charge in [-0.3, -0.25) is 4.79 Å². The number of likely N-dealkylation sites (tertiary alicyclic amines) is 1. The maximum absolute atomic E-state index is 12.4. The van der Waals surface area contributed by atoms with Gasteiger partial charge in [-0.05, 0) is 49.5 Å². The normalized spacial score (nSPS) is 20.1. The molecular weight excluding hydrogens is 274 g/mol. The molecule has 1 aromatic carbocycles. The third-order valence-corrected chi connectivity index (χ3v) is 3.91. The second-order valence-electron chi connectivity index (χ2n) is 5.32. The van der Waals surface area contributed by atoms with E-state index in [0.717, 1.165) is 24.9 Å². The van der Waals surface area contributed by atoms with Crippen LogP contribution < -0.4 is 0 Å². The lowest BCUT2D eigenvalue weighted by molar-refractivity contribution is -0.129. The molecule has 0 aromatic heterocycles. The fourth-order valence-electron chi connectivity index (χ4n) is 2.52. The zero-order valence-electron chi connectivity index (χ0n) is 11.7. The summed E-state index contributed by atoms with van der Waals surface area (Å²) in [4.78, 5) is 14.2. The molecule has 0 saturated carbocycles. The average molecular weight is 294 g/mol. The molecule has 0 spiro atoms. The molecule has 3 nitrogen and oxygen atoms in total. The van der Waals surface area contributed by atoms with E-state index in [-0.39, 0.29) is 18.4 Å². The van der Waals surface area contributed by atoms with Gasteiger partial charge in [0, 0.05) is 30.3 Å². The molecule has 1 heterocycles. The molecule has 1 unspecified atom stereocenters. The third-order valence-electron chi connectivity index (χ3n) is 3.65. The number of aliphatic hydroxyl groups excluding tert-OH is 1. The van der Waals surface area contributed by atoms with Gasteiger partial charge in [-0.15, -0.1) is 0 Å². The molecule has 1 N–H and O–H groups in total. The van der Waals surface area contributed by atoms with Crippen molar-refractivity contribution in [1.29, 1.82) is 0 Å². The van der Waals surface area contributed by atoms with Gasteiger partial charge in [-0.1, -0.05) is 23.7 Å². The lowest BCUT2D eigenvalue weighted by Crippen LogP contribution is -2.41. The van der Waals surface area contributed by atoms with E-state index in [1.54, 1.807) is 0 Å². The first kappa shape index (κ1) is 15.1. The van der Waals surface area contributed by atoms with Gasteiger partial charge in [0.05, 0.1) is 0 Å². The largest absolute Gasteiger partial charge is 0.396 e. The Kier molecular flexibility index (Phi) is 5.21. The quantitative estimate of drug-likeness (QED) is 0.871. The van der Waals surface area contributed by atoms with E-state index >= 15 is 0 Å². The molecule has 0 radical (unpaired) electrons. The smallest absolute Gasteiger partial charge is 0.249 e. The van der Waals surface area contributed by atoms with E-state index in [1.807, 2.05) is 42.2 Å². The van der Waals surface area contributed by atoms with Crippen LogP contribution in [0.15, 0.2) is 29.8 Å². The number of nitrogens with zero attached hydrogens (tertiary/aromatic N) is 1. The van der Waals surface area contributed by atoms with Gasteiger partial charge in [0.25, 0.3) is 0 Å². The lowest BCUT2D eigenvalue weighted by atomic mass is 9.98. The molecule has 4 heteroatoms. The molecule has 108 valence electrons. The predicted octanol–water partition coefficient (Wildman–Crippen LogP) is 2.97. The molecule has 2 rings (SSSR count). The highest BCUT2D eigenvalue weighted by atomic mass is 35.5. The number of amides is 1. The zero-order valence-corrected chi connectivity index (χ0v) is 12.4. The summed E-state index contributed by atoms with van der Waals surface area (Å²) in [6.45, 7) is 3.42. The fraction of sp³-hybridized carbons (Fsp3) is 0.438. The Balaban J connectivity index is 2.05. The van der Waals surface area contributed by atoms with Crippen LogP contribution >= 0.6 is 11.6 Å². The Labute approximate surface area is 124 Å². The maximum atomic E-state index is 12.4. The summed E-state index contributed by atoms with van der Waals surface area (Å²) in [5, 5.41) is 9.91. The minimum atomic E-state index is 0.0538. The highest BCUT2D eigenvalue weighted by Gasteiger charge is 2.23. The highest BCUT2D eigenvalue weighted by molar-refractivity contribution is 6.30. The number of carbonyl (C=O) groups excluding carboxylic acids is 1. The maximum Gasteiger partial charge on any atom is 0.249 e. The molecular formula is C16H20ClNO2. The number of benzene rings is 1. The highest BCUT2D eigenvalue weighted by Crippen LogP contribution is 2.19. The first-order valence-corrected chi connectivity index (χ1v) is 7.32. The Hall–Kier alpha value is -1.32. The number of rotatable bonds is 3. The molecule has 20 heavy (non-hydrogen) atoms. The topological polar surface area (TPSA) is 40.5 Å². The number of hydrogen-bond donors (Lipinski definition) is 1. The average Bonchev–Trinajstić information content (AvgIpc) is 2.48. The Morgan fingerprint density at radius 2 is 2.15 bits per heavy atom. The first-order valence-electron chi connectivity index (χ1n) is 6.94. The number of carbonyl (C=O) groups is 1. The SMILES string of the molecule is C/C(=C\c1ccc(Cl)cc1)C(=O)N1CCCC(CO)C1. The first-order chi connectivity index (χ1) is 9.60. The van der Waals surface area contributed by atoms with Crippen LogP contribution in [0.25, 0.3) is 6.08 Å². The summed E-state index contributed by atoms with van der Waals surface area (Å²) >= 11 is 5.84.